The third-order valence-electron chi connectivity index (χ3n) is 2.26. The van der Waals surface area contributed by atoms with E-state index >= 15 is 0 Å². The van der Waals surface area contributed by atoms with Crippen molar-refractivity contribution in [2.24, 2.45) is 0 Å². The second-order valence-corrected chi connectivity index (χ2v) is 3.77. The molecule has 98 valence electrons. The summed E-state index contributed by atoms with van der Waals surface area (Å²) < 4.78 is 9.84. The number of carbonyl (C=O) groups excluding carboxylic acids is 2. The van der Waals surface area contributed by atoms with Gasteiger partial charge in [0.1, 0.15) is 5.57 Å². The standard InChI is InChI=1S/C11H14N2O4S/c1-4-5-13-10(15)7(6-8(16-2)17-3)9(14)12-11(13)18/h4,6,8H,1,5H2,2-3H3,(H,12,14,18)/b7-6-. The minimum Gasteiger partial charge on any atom is -0.352 e. The van der Waals surface area contributed by atoms with Gasteiger partial charge in [0.15, 0.2) is 11.4 Å². The van der Waals surface area contributed by atoms with Gasteiger partial charge in [-0.15, -0.1) is 6.58 Å². The normalized spacial score (nSPS) is 18.5. The van der Waals surface area contributed by atoms with Gasteiger partial charge in [0.25, 0.3) is 11.8 Å². The number of rotatable bonds is 5. The number of methoxy groups -OCH3 is 2. The topological polar surface area (TPSA) is 67.9 Å². The van der Waals surface area contributed by atoms with Crippen LogP contribution in [0.25, 0.3) is 0 Å². The van der Waals surface area contributed by atoms with Gasteiger partial charge in [-0.05, 0) is 18.3 Å². The van der Waals surface area contributed by atoms with Crippen LogP contribution in [0.15, 0.2) is 24.3 Å². The maximum Gasteiger partial charge on any atom is 0.265 e. The molecule has 0 unspecified atom stereocenters. The van der Waals surface area contributed by atoms with Gasteiger partial charge in [-0.3, -0.25) is 19.8 Å². The van der Waals surface area contributed by atoms with Crippen LogP contribution in [0.1, 0.15) is 0 Å². The molecule has 0 bridgehead atoms. The Morgan fingerprint density at radius 2 is 2.06 bits per heavy atom. The molecule has 0 aliphatic carbocycles. The number of carbonyl (C=O) groups is 2. The molecule has 1 saturated heterocycles. The summed E-state index contributed by atoms with van der Waals surface area (Å²) in [6, 6.07) is 0. The molecule has 0 aromatic heterocycles. The van der Waals surface area contributed by atoms with Gasteiger partial charge in [-0.1, -0.05) is 6.08 Å². The van der Waals surface area contributed by atoms with Crippen LogP contribution in [0, 0.1) is 0 Å². The summed E-state index contributed by atoms with van der Waals surface area (Å²) >= 11 is 4.91. The SMILES string of the molecule is C=CCN1C(=O)/C(=C\C(OC)OC)C(=O)NC1=S. The number of hydrogen-bond acceptors (Lipinski definition) is 5. The second-order valence-electron chi connectivity index (χ2n) is 3.38. The minimum absolute atomic E-state index is 0.0634. The van der Waals surface area contributed by atoms with E-state index in [0.29, 0.717) is 0 Å². The number of amides is 2. The Morgan fingerprint density at radius 3 is 2.56 bits per heavy atom. The van der Waals surface area contributed by atoms with Crippen LogP contribution in [-0.2, 0) is 19.1 Å². The summed E-state index contributed by atoms with van der Waals surface area (Å²) in [5, 5.41) is 2.48. The van der Waals surface area contributed by atoms with E-state index in [1.165, 1.54) is 31.3 Å². The third-order valence-corrected chi connectivity index (χ3v) is 2.59. The molecule has 1 fully saturated rings. The first kappa shape index (κ1) is 14.5. The van der Waals surface area contributed by atoms with Gasteiger partial charge in [-0.25, -0.2) is 0 Å². The van der Waals surface area contributed by atoms with Crippen LogP contribution in [-0.4, -0.2) is 48.9 Å². The highest BCUT2D eigenvalue weighted by Crippen LogP contribution is 2.12. The number of nitrogens with one attached hydrogen (secondary N) is 1. The number of hydrogen-bond donors (Lipinski definition) is 1. The predicted molar refractivity (Wildman–Crippen MR) is 68.5 cm³/mol. The average Bonchev–Trinajstić information content (AvgIpc) is 2.35. The van der Waals surface area contributed by atoms with E-state index in [4.69, 9.17) is 21.7 Å². The fraction of sp³-hybridized carbons (Fsp3) is 0.364. The van der Waals surface area contributed by atoms with Crippen LogP contribution in [0.4, 0.5) is 0 Å². The molecule has 18 heavy (non-hydrogen) atoms. The summed E-state index contributed by atoms with van der Waals surface area (Å²) in [7, 11) is 2.81. The van der Waals surface area contributed by atoms with E-state index < -0.39 is 18.1 Å². The second kappa shape index (κ2) is 6.39. The molecular formula is C11H14N2O4S. The van der Waals surface area contributed by atoms with Crippen LogP contribution in [0.2, 0.25) is 0 Å². The van der Waals surface area contributed by atoms with Crippen molar-refractivity contribution < 1.29 is 19.1 Å². The van der Waals surface area contributed by atoms with E-state index in [1.807, 2.05) is 0 Å². The summed E-state index contributed by atoms with van der Waals surface area (Å²) in [4.78, 5) is 25.0. The molecule has 0 atom stereocenters. The molecule has 1 aliphatic rings. The predicted octanol–water partition coefficient (Wildman–Crippen LogP) is -0.0390. The molecule has 1 heterocycles. The Hall–Kier alpha value is -1.57. The molecule has 7 heteroatoms. The van der Waals surface area contributed by atoms with E-state index in [2.05, 4.69) is 11.9 Å². The van der Waals surface area contributed by atoms with Crippen LogP contribution in [0.5, 0.6) is 0 Å². The Labute approximate surface area is 110 Å². The Bertz CT molecular complexity index is 415. The molecule has 1 rings (SSSR count). The molecule has 0 aromatic carbocycles. The van der Waals surface area contributed by atoms with Gasteiger partial charge < -0.3 is 9.47 Å². The fourth-order valence-corrected chi connectivity index (χ4v) is 1.63. The lowest BCUT2D eigenvalue weighted by Crippen LogP contribution is -2.54. The zero-order chi connectivity index (χ0) is 13.7. The molecule has 0 spiro atoms. The van der Waals surface area contributed by atoms with Crippen molar-refractivity contribution in [3.8, 4) is 0 Å². The third kappa shape index (κ3) is 3.00. The van der Waals surface area contributed by atoms with Gasteiger partial charge in [0.05, 0.1) is 0 Å². The number of nitrogens with zero attached hydrogens (tertiary/aromatic N) is 1. The molecule has 2 amide bonds. The molecule has 1 aliphatic heterocycles. The summed E-state index contributed by atoms with van der Waals surface area (Å²) in [5.41, 5.74) is -0.0702. The van der Waals surface area contributed by atoms with E-state index in [0.717, 1.165) is 0 Å². The fourth-order valence-electron chi connectivity index (χ4n) is 1.38. The Kier molecular flexibility index (Phi) is 5.14. The van der Waals surface area contributed by atoms with E-state index in [-0.39, 0.29) is 17.2 Å². The van der Waals surface area contributed by atoms with Crippen molar-refractivity contribution in [3.63, 3.8) is 0 Å². The Balaban J connectivity index is 3.03. The van der Waals surface area contributed by atoms with Gasteiger partial charge in [-0.2, -0.15) is 0 Å². The van der Waals surface area contributed by atoms with Gasteiger partial charge in [0.2, 0.25) is 0 Å². The van der Waals surface area contributed by atoms with Crippen LogP contribution >= 0.6 is 12.2 Å². The maximum absolute atomic E-state index is 12.1. The Morgan fingerprint density at radius 1 is 1.44 bits per heavy atom. The zero-order valence-corrected chi connectivity index (χ0v) is 11.0. The quantitative estimate of drug-likeness (QED) is 0.250. The lowest BCUT2D eigenvalue weighted by molar-refractivity contribution is -0.129. The number of thiocarbonyl (C=S) groups is 1. The summed E-state index contributed by atoms with van der Waals surface area (Å²) in [6.07, 6.45) is 2.05. The lowest BCUT2D eigenvalue weighted by Gasteiger charge is -2.28. The van der Waals surface area contributed by atoms with Crippen molar-refractivity contribution in [1.82, 2.24) is 10.2 Å². The average molecular weight is 270 g/mol. The molecule has 0 radical (unpaired) electrons. The smallest absolute Gasteiger partial charge is 0.265 e. The maximum atomic E-state index is 12.1. The molecule has 6 nitrogen and oxygen atoms in total. The van der Waals surface area contributed by atoms with Gasteiger partial charge >= 0.3 is 0 Å². The first-order valence-electron chi connectivity index (χ1n) is 5.10. The number of ether oxygens (including phenoxy) is 2. The van der Waals surface area contributed by atoms with Crippen molar-refractivity contribution in [3.05, 3.63) is 24.3 Å². The first-order valence-corrected chi connectivity index (χ1v) is 5.51. The van der Waals surface area contributed by atoms with Gasteiger partial charge in [0, 0.05) is 20.8 Å². The molecule has 0 aromatic rings. The summed E-state index contributed by atoms with van der Waals surface area (Å²) in [6.45, 7) is 3.75. The van der Waals surface area contributed by atoms with E-state index in [9.17, 15) is 9.59 Å². The van der Waals surface area contributed by atoms with Crippen molar-refractivity contribution >= 4 is 29.1 Å². The van der Waals surface area contributed by atoms with Crippen LogP contribution < -0.4 is 5.32 Å². The molecule has 1 N–H and O–H groups in total. The lowest BCUT2D eigenvalue weighted by atomic mass is 10.1. The largest absolute Gasteiger partial charge is 0.352 e. The van der Waals surface area contributed by atoms with Crippen molar-refractivity contribution in [1.29, 1.82) is 0 Å². The highest BCUT2D eigenvalue weighted by molar-refractivity contribution is 7.80. The molecular weight excluding hydrogens is 256 g/mol. The van der Waals surface area contributed by atoms with Crippen molar-refractivity contribution in [2.45, 2.75) is 6.29 Å². The monoisotopic (exact) mass is 270 g/mol. The van der Waals surface area contributed by atoms with E-state index in [1.54, 1.807) is 0 Å². The highest BCUT2D eigenvalue weighted by Gasteiger charge is 2.33. The highest BCUT2D eigenvalue weighted by atomic mass is 32.1. The van der Waals surface area contributed by atoms with Crippen LogP contribution in [0.3, 0.4) is 0 Å². The molecule has 0 saturated carbocycles. The minimum atomic E-state index is -0.771. The summed E-state index contributed by atoms with van der Waals surface area (Å²) in [5.74, 6) is -1.06. The van der Waals surface area contributed by atoms with Crippen molar-refractivity contribution in [2.75, 3.05) is 20.8 Å². The first-order chi connectivity index (χ1) is 8.54. The zero-order valence-electron chi connectivity index (χ0n) is 10.1.